The Kier molecular flexibility index (Phi) is 4.81. The van der Waals surface area contributed by atoms with Crippen molar-refractivity contribution in [1.29, 1.82) is 0 Å². The second kappa shape index (κ2) is 7.78. The minimum Gasteiger partial charge on any atom is -0.496 e. The fourth-order valence-electron chi connectivity index (χ4n) is 3.60. The number of aromatic nitrogens is 1. The van der Waals surface area contributed by atoms with Crippen LogP contribution in [0.4, 0.5) is 5.69 Å². The van der Waals surface area contributed by atoms with Gasteiger partial charge in [0.15, 0.2) is 5.58 Å². The van der Waals surface area contributed by atoms with Crippen LogP contribution in [0.15, 0.2) is 83.3 Å². The molecule has 0 saturated heterocycles. The van der Waals surface area contributed by atoms with Crippen LogP contribution in [0.2, 0.25) is 5.02 Å². The number of hydrogen-bond acceptors (Lipinski definition) is 4. The summed E-state index contributed by atoms with van der Waals surface area (Å²) in [6, 6.07) is 24.1. The molecule has 5 aromatic rings. The number of nitrogens with zero attached hydrogens (tertiary/aromatic N) is 1. The molecule has 0 aliphatic rings. The highest BCUT2D eigenvalue weighted by Crippen LogP contribution is 2.32. The van der Waals surface area contributed by atoms with E-state index in [0.717, 1.165) is 10.8 Å². The van der Waals surface area contributed by atoms with Crippen LogP contribution in [0.3, 0.4) is 0 Å². The Hall–Kier alpha value is -3.83. The molecule has 4 aromatic carbocycles. The van der Waals surface area contributed by atoms with Gasteiger partial charge in [-0.15, -0.1) is 0 Å². The van der Waals surface area contributed by atoms with E-state index in [1.807, 2.05) is 48.5 Å². The van der Waals surface area contributed by atoms with Gasteiger partial charge in [0.1, 0.15) is 11.3 Å². The van der Waals surface area contributed by atoms with Gasteiger partial charge >= 0.3 is 0 Å². The smallest absolute Gasteiger partial charge is 0.260 e. The molecule has 1 amide bonds. The zero-order chi connectivity index (χ0) is 21.4. The van der Waals surface area contributed by atoms with Gasteiger partial charge in [0.2, 0.25) is 5.89 Å². The standard InChI is InChI=1S/C25H17ClN2O3/c1-30-22-12-10-15-6-2-3-7-17(15)23(22)24(29)27-16-11-13-21-20(14-16)28-25(31-21)18-8-4-5-9-19(18)26/h2-14H,1H3,(H,27,29). The van der Waals surface area contributed by atoms with E-state index >= 15 is 0 Å². The molecule has 0 fully saturated rings. The summed E-state index contributed by atoms with van der Waals surface area (Å²) < 4.78 is 11.3. The number of carbonyl (C=O) groups is 1. The molecule has 1 heterocycles. The maximum Gasteiger partial charge on any atom is 0.260 e. The molecule has 0 saturated carbocycles. The van der Waals surface area contributed by atoms with Crippen LogP contribution in [0.25, 0.3) is 33.3 Å². The topological polar surface area (TPSA) is 64.4 Å². The van der Waals surface area contributed by atoms with Gasteiger partial charge in [0, 0.05) is 5.69 Å². The first-order chi connectivity index (χ1) is 15.1. The van der Waals surface area contributed by atoms with Crippen LogP contribution in [0.5, 0.6) is 5.75 Å². The number of benzene rings is 4. The maximum atomic E-state index is 13.2. The molecule has 0 radical (unpaired) electrons. The van der Waals surface area contributed by atoms with Gasteiger partial charge in [0.25, 0.3) is 5.91 Å². The van der Waals surface area contributed by atoms with Gasteiger partial charge in [0.05, 0.1) is 23.3 Å². The van der Waals surface area contributed by atoms with Gasteiger partial charge in [-0.3, -0.25) is 4.79 Å². The van der Waals surface area contributed by atoms with Crippen LogP contribution in [0.1, 0.15) is 10.4 Å². The number of nitrogens with one attached hydrogen (secondary N) is 1. The molecule has 1 aromatic heterocycles. The Morgan fingerprint density at radius 1 is 1.00 bits per heavy atom. The van der Waals surface area contributed by atoms with Gasteiger partial charge < -0.3 is 14.5 Å². The third-order valence-electron chi connectivity index (χ3n) is 5.09. The number of methoxy groups -OCH3 is 1. The van der Waals surface area contributed by atoms with E-state index in [1.165, 1.54) is 0 Å². The van der Waals surface area contributed by atoms with E-state index in [-0.39, 0.29) is 5.91 Å². The molecule has 0 spiro atoms. The SMILES string of the molecule is COc1ccc2ccccc2c1C(=O)Nc1ccc2oc(-c3ccccc3Cl)nc2c1. The van der Waals surface area contributed by atoms with Crippen molar-refractivity contribution in [3.05, 3.63) is 89.4 Å². The molecule has 6 heteroatoms. The average Bonchev–Trinajstić information content (AvgIpc) is 3.21. The van der Waals surface area contributed by atoms with Crippen molar-refractivity contribution in [3.8, 4) is 17.2 Å². The second-order valence-electron chi connectivity index (χ2n) is 7.00. The highest BCUT2D eigenvalue weighted by Gasteiger charge is 2.17. The summed E-state index contributed by atoms with van der Waals surface area (Å²) in [5, 5.41) is 5.30. The fraction of sp³-hybridized carbons (Fsp3) is 0.0400. The lowest BCUT2D eigenvalue weighted by Gasteiger charge is -2.12. The Bertz CT molecular complexity index is 1440. The molecule has 0 bridgehead atoms. The van der Waals surface area contributed by atoms with Crippen molar-refractivity contribution in [2.24, 2.45) is 0 Å². The van der Waals surface area contributed by atoms with Gasteiger partial charge in [-0.1, -0.05) is 54.1 Å². The summed E-state index contributed by atoms with van der Waals surface area (Å²) in [6.07, 6.45) is 0. The molecule has 1 N–H and O–H groups in total. The Labute approximate surface area is 183 Å². The molecule has 0 atom stereocenters. The Morgan fingerprint density at radius 2 is 1.81 bits per heavy atom. The molecular formula is C25H17ClN2O3. The minimum absolute atomic E-state index is 0.261. The second-order valence-corrected chi connectivity index (χ2v) is 7.41. The minimum atomic E-state index is -0.261. The number of oxazole rings is 1. The molecule has 0 aliphatic heterocycles. The summed E-state index contributed by atoms with van der Waals surface area (Å²) in [5.41, 5.74) is 3.03. The van der Waals surface area contributed by atoms with E-state index < -0.39 is 0 Å². The summed E-state index contributed by atoms with van der Waals surface area (Å²) >= 11 is 6.26. The molecule has 0 aliphatic carbocycles. The van der Waals surface area contributed by atoms with Crippen LogP contribution in [-0.4, -0.2) is 18.0 Å². The van der Waals surface area contributed by atoms with Crippen LogP contribution in [-0.2, 0) is 0 Å². The highest BCUT2D eigenvalue weighted by atomic mass is 35.5. The van der Waals surface area contributed by atoms with Crippen molar-refractivity contribution in [2.45, 2.75) is 0 Å². The Balaban J connectivity index is 1.51. The number of amides is 1. The first-order valence-corrected chi connectivity index (χ1v) is 10.0. The van der Waals surface area contributed by atoms with Crippen LogP contribution < -0.4 is 10.1 Å². The largest absolute Gasteiger partial charge is 0.496 e. The molecule has 31 heavy (non-hydrogen) atoms. The molecule has 5 rings (SSSR count). The van der Waals surface area contributed by atoms with E-state index in [9.17, 15) is 4.79 Å². The number of fused-ring (bicyclic) bond motifs is 2. The lowest BCUT2D eigenvalue weighted by Crippen LogP contribution is -2.13. The van der Waals surface area contributed by atoms with Crippen molar-refractivity contribution < 1.29 is 13.9 Å². The summed E-state index contributed by atoms with van der Waals surface area (Å²) in [7, 11) is 1.55. The average molecular weight is 429 g/mol. The zero-order valence-corrected chi connectivity index (χ0v) is 17.3. The lowest BCUT2D eigenvalue weighted by molar-refractivity contribution is 0.102. The predicted molar refractivity (Wildman–Crippen MR) is 123 cm³/mol. The normalized spacial score (nSPS) is 11.0. The van der Waals surface area contributed by atoms with Crippen molar-refractivity contribution in [3.63, 3.8) is 0 Å². The summed E-state index contributed by atoms with van der Waals surface area (Å²) in [4.78, 5) is 17.7. The third-order valence-corrected chi connectivity index (χ3v) is 5.42. The number of hydrogen-bond donors (Lipinski definition) is 1. The molecule has 152 valence electrons. The molecular weight excluding hydrogens is 412 g/mol. The van der Waals surface area contributed by atoms with Gasteiger partial charge in [-0.25, -0.2) is 4.98 Å². The van der Waals surface area contributed by atoms with Gasteiger partial charge in [-0.2, -0.15) is 0 Å². The van der Waals surface area contributed by atoms with Crippen molar-refractivity contribution in [1.82, 2.24) is 4.98 Å². The molecule has 5 nitrogen and oxygen atoms in total. The van der Waals surface area contributed by atoms with Crippen LogP contribution >= 0.6 is 11.6 Å². The summed E-state index contributed by atoms with van der Waals surface area (Å²) in [5.74, 6) is 0.683. The van der Waals surface area contributed by atoms with Crippen molar-refractivity contribution >= 4 is 45.1 Å². The predicted octanol–water partition coefficient (Wildman–Crippen LogP) is 6.56. The quantitative estimate of drug-likeness (QED) is 0.352. The maximum absolute atomic E-state index is 13.2. The number of halogens is 1. The Morgan fingerprint density at radius 3 is 2.65 bits per heavy atom. The number of ether oxygens (including phenoxy) is 1. The zero-order valence-electron chi connectivity index (χ0n) is 16.6. The number of carbonyl (C=O) groups excluding carboxylic acids is 1. The lowest BCUT2D eigenvalue weighted by atomic mass is 10.0. The van der Waals surface area contributed by atoms with Crippen LogP contribution in [0, 0.1) is 0 Å². The monoisotopic (exact) mass is 428 g/mol. The molecule has 0 unspecified atom stereocenters. The number of rotatable bonds is 4. The first kappa shape index (κ1) is 19.2. The van der Waals surface area contributed by atoms with Crippen molar-refractivity contribution in [2.75, 3.05) is 12.4 Å². The summed E-state index contributed by atoms with van der Waals surface area (Å²) in [6.45, 7) is 0. The van der Waals surface area contributed by atoms with E-state index in [4.69, 9.17) is 20.8 Å². The third kappa shape index (κ3) is 3.49. The van der Waals surface area contributed by atoms with E-state index in [1.54, 1.807) is 37.4 Å². The van der Waals surface area contributed by atoms with Gasteiger partial charge in [-0.05, 0) is 47.2 Å². The van der Waals surface area contributed by atoms with E-state index in [2.05, 4.69) is 10.3 Å². The highest BCUT2D eigenvalue weighted by molar-refractivity contribution is 6.33. The van der Waals surface area contributed by atoms with E-state index in [0.29, 0.717) is 44.6 Å². The fourth-order valence-corrected chi connectivity index (χ4v) is 3.82. The first-order valence-electron chi connectivity index (χ1n) is 9.66. The number of anilines is 1.